The molecule has 0 aromatic carbocycles. The molecular formula is C20H40N6O6. The second-order valence-electron chi connectivity index (χ2n) is 8.36. The van der Waals surface area contributed by atoms with Gasteiger partial charge in [0.05, 0.1) is 36.9 Å². The molecule has 12 nitrogen and oxygen atoms in total. The lowest BCUT2D eigenvalue weighted by Gasteiger charge is -2.46. The molecule has 32 heavy (non-hydrogen) atoms. The van der Waals surface area contributed by atoms with Crippen LogP contribution in [0.5, 0.6) is 0 Å². The van der Waals surface area contributed by atoms with E-state index in [2.05, 4.69) is 10.6 Å². The molecule has 12 heteroatoms. The van der Waals surface area contributed by atoms with Crippen molar-refractivity contribution in [2.75, 3.05) is 27.2 Å². The molecule has 1 heterocycles. The van der Waals surface area contributed by atoms with Crippen LogP contribution in [0, 0.1) is 0 Å². The average molecular weight is 461 g/mol. The molecular weight excluding hydrogens is 420 g/mol. The zero-order valence-electron chi connectivity index (χ0n) is 18.9. The van der Waals surface area contributed by atoms with Crippen LogP contribution in [0.1, 0.15) is 25.7 Å². The van der Waals surface area contributed by atoms with Crippen molar-refractivity contribution >= 4 is 5.91 Å². The Bertz CT molecular complexity index is 625. The molecule has 9 atom stereocenters. The maximum Gasteiger partial charge on any atom is 0.222 e. The molecule has 2 aliphatic rings. The van der Waals surface area contributed by atoms with E-state index in [0.29, 0.717) is 18.7 Å². The lowest BCUT2D eigenvalue weighted by molar-refractivity contribution is -0.227. The van der Waals surface area contributed by atoms with E-state index in [-0.39, 0.29) is 31.3 Å². The van der Waals surface area contributed by atoms with E-state index in [9.17, 15) is 15.0 Å². The maximum absolute atomic E-state index is 12.4. The normalized spacial score (nSPS) is 36.2. The van der Waals surface area contributed by atoms with Gasteiger partial charge in [-0.15, -0.1) is 0 Å². The molecule has 0 bridgehead atoms. The maximum atomic E-state index is 12.4. The van der Waals surface area contributed by atoms with Crippen LogP contribution in [-0.4, -0.2) is 98.2 Å². The van der Waals surface area contributed by atoms with Gasteiger partial charge in [-0.1, -0.05) is 0 Å². The Hall–Kier alpha value is -1.35. The van der Waals surface area contributed by atoms with E-state index in [4.69, 9.17) is 37.1 Å². The van der Waals surface area contributed by atoms with E-state index in [1.54, 1.807) is 13.1 Å². The number of hydrogen-bond donors (Lipinski definition) is 8. The van der Waals surface area contributed by atoms with Crippen molar-refractivity contribution in [1.82, 2.24) is 10.6 Å². The molecule has 1 aliphatic carbocycles. The first-order chi connectivity index (χ1) is 15.2. The smallest absolute Gasteiger partial charge is 0.222 e. The fourth-order valence-electron chi connectivity index (χ4n) is 4.26. The van der Waals surface area contributed by atoms with Crippen molar-refractivity contribution in [3.05, 3.63) is 11.8 Å². The van der Waals surface area contributed by atoms with Gasteiger partial charge in [-0.05, 0) is 32.5 Å². The Labute approximate surface area is 189 Å². The van der Waals surface area contributed by atoms with Gasteiger partial charge in [0.25, 0.3) is 0 Å². The summed E-state index contributed by atoms with van der Waals surface area (Å²) in [4.78, 5) is 12.4. The predicted octanol–water partition coefficient (Wildman–Crippen LogP) is -3.43. The van der Waals surface area contributed by atoms with Gasteiger partial charge in [-0.25, -0.2) is 0 Å². The molecule has 0 spiro atoms. The van der Waals surface area contributed by atoms with Gasteiger partial charge in [0.15, 0.2) is 0 Å². The first-order valence-electron chi connectivity index (χ1n) is 11.0. The van der Waals surface area contributed by atoms with Crippen molar-refractivity contribution in [2.45, 2.75) is 80.6 Å². The lowest BCUT2D eigenvalue weighted by Crippen LogP contribution is -2.71. The highest BCUT2D eigenvalue weighted by Crippen LogP contribution is 2.28. The Kier molecular flexibility index (Phi) is 10.7. The van der Waals surface area contributed by atoms with Crippen LogP contribution in [0.15, 0.2) is 11.8 Å². The molecule has 1 saturated carbocycles. The van der Waals surface area contributed by atoms with Crippen molar-refractivity contribution in [1.29, 1.82) is 0 Å². The summed E-state index contributed by atoms with van der Waals surface area (Å²) < 4.78 is 17.1. The van der Waals surface area contributed by atoms with E-state index >= 15 is 0 Å². The van der Waals surface area contributed by atoms with Crippen molar-refractivity contribution in [3.63, 3.8) is 0 Å². The van der Waals surface area contributed by atoms with E-state index < -0.39 is 48.8 Å². The van der Waals surface area contributed by atoms with Crippen LogP contribution >= 0.6 is 0 Å². The Balaban J connectivity index is 2.03. The van der Waals surface area contributed by atoms with E-state index in [0.717, 1.165) is 6.42 Å². The molecule has 0 radical (unpaired) electrons. The summed E-state index contributed by atoms with van der Waals surface area (Å²) in [5.41, 5.74) is 23.4. The fourth-order valence-corrected chi connectivity index (χ4v) is 4.26. The largest absolute Gasteiger partial charge is 0.468 e. The third-order valence-electron chi connectivity index (χ3n) is 5.97. The topological polar surface area (TPSA) is 213 Å². The second-order valence-corrected chi connectivity index (χ2v) is 8.36. The summed E-state index contributed by atoms with van der Waals surface area (Å²) in [6.45, 7) is 0.634. The fraction of sp³-hybridized carbons (Fsp3) is 0.850. The number of nitrogens with two attached hydrogens (primary N) is 4. The van der Waals surface area contributed by atoms with Crippen molar-refractivity contribution in [3.8, 4) is 0 Å². The number of rotatable bonds is 11. The molecule has 1 amide bonds. The number of carbonyl (C=O) groups is 1. The summed E-state index contributed by atoms with van der Waals surface area (Å²) in [7, 11) is 3.09. The highest BCUT2D eigenvalue weighted by atomic mass is 16.7. The Morgan fingerprint density at radius 1 is 1.31 bits per heavy atom. The Morgan fingerprint density at radius 3 is 2.62 bits per heavy atom. The van der Waals surface area contributed by atoms with E-state index in [1.807, 2.05) is 0 Å². The van der Waals surface area contributed by atoms with Crippen LogP contribution < -0.4 is 33.6 Å². The lowest BCUT2D eigenvalue weighted by atomic mass is 9.81. The highest BCUT2D eigenvalue weighted by molar-refractivity contribution is 5.77. The first kappa shape index (κ1) is 26.9. The number of ether oxygens (including phenoxy) is 3. The standard InChI is InChI=1S/C20H40N6O6/c1-25-16-18(29)19(15(24)17(28)20(16)30-2)32-14-8-11(7-12(9-22)31-14)26-13(27)6-10(23)4-3-5-21/h7,10-11,14-20,25,28-29H,3-6,8-9,21-24H2,1-2H3,(H,26,27). The summed E-state index contributed by atoms with van der Waals surface area (Å²) in [6, 6.07) is -2.18. The molecule has 9 unspecified atom stereocenters. The SMILES string of the molecule is CNC1C(O)C(OC2CC(NC(=O)CC(N)CCCN)C=C(CN)O2)C(N)C(O)C1OC. The number of nitrogens with one attached hydrogen (secondary N) is 2. The molecule has 0 aromatic rings. The quantitative estimate of drug-likeness (QED) is 0.152. The number of likely N-dealkylation sites (N-methyl/N-ethyl adjacent to an activating group) is 1. The summed E-state index contributed by atoms with van der Waals surface area (Å²) in [5, 5.41) is 27.2. The summed E-state index contributed by atoms with van der Waals surface area (Å²) >= 11 is 0. The number of aliphatic hydroxyl groups excluding tert-OH is 2. The van der Waals surface area contributed by atoms with Crippen molar-refractivity contribution < 1.29 is 29.2 Å². The van der Waals surface area contributed by atoms with Crippen LogP contribution in [-0.2, 0) is 19.0 Å². The van der Waals surface area contributed by atoms with Gasteiger partial charge in [-0.3, -0.25) is 4.79 Å². The van der Waals surface area contributed by atoms with Gasteiger partial charge in [0, 0.05) is 26.0 Å². The van der Waals surface area contributed by atoms with Gasteiger partial charge >= 0.3 is 0 Å². The number of methoxy groups -OCH3 is 1. The van der Waals surface area contributed by atoms with Crippen LogP contribution in [0.4, 0.5) is 0 Å². The van der Waals surface area contributed by atoms with Gasteiger partial charge < -0.3 is 58.0 Å². The minimum atomic E-state index is -1.07. The van der Waals surface area contributed by atoms with Crippen LogP contribution in [0.25, 0.3) is 0 Å². The third kappa shape index (κ3) is 6.83. The molecule has 2 rings (SSSR count). The number of amides is 1. The van der Waals surface area contributed by atoms with Crippen molar-refractivity contribution in [2.24, 2.45) is 22.9 Å². The summed E-state index contributed by atoms with van der Waals surface area (Å²) in [5.74, 6) is 0.245. The van der Waals surface area contributed by atoms with Gasteiger partial charge in [0.2, 0.25) is 12.2 Å². The van der Waals surface area contributed by atoms with E-state index in [1.165, 1.54) is 7.11 Å². The van der Waals surface area contributed by atoms with Gasteiger partial charge in [0.1, 0.15) is 18.0 Å². The molecule has 0 saturated heterocycles. The minimum absolute atomic E-state index is 0.106. The number of hydrogen-bond acceptors (Lipinski definition) is 11. The molecule has 1 aliphatic heterocycles. The summed E-state index contributed by atoms with van der Waals surface area (Å²) in [6.07, 6.45) is -0.987. The third-order valence-corrected chi connectivity index (χ3v) is 5.97. The molecule has 12 N–H and O–H groups in total. The van der Waals surface area contributed by atoms with Crippen LogP contribution in [0.3, 0.4) is 0 Å². The monoisotopic (exact) mass is 460 g/mol. The predicted molar refractivity (Wildman–Crippen MR) is 118 cm³/mol. The molecule has 0 aromatic heterocycles. The molecule has 186 valence electrons. The van der Waals surface area contributed by atoms with Crippen LogP contribution in [0.2, 0.25) is 0 Å². The minimum Gasteiger partial charge on any atom is -0.468 e. The Morgan fingerprint density at radius 2 is 2.03 bits per heavy atom. The first-order valence-corrected chi connectivity index (χ1v) is 11.0. The number of carbonyl (C=O) groups excluding carboxylic acids is 1. The second kappa shape index (κ2) is 12.8. The van der Waals surface area contributed by atoms with Gasteiger partial charge in [-0.2, -0.15) is 0 Å². The zero-order valence-corrected chi connectivity index (χ0v) is 18.9. The zero-order chi connectivity index (χ0) is 23.8. The number of aliphatic hydroxyl groups is 2. The highest BCUT2D eigenvalue weighted by Gasteiger charge is 2.50. The molecule has 1 fully saturated rings. The average Bonchev–Trinajstić information content (AvgIpc) is 2.77.